The number of nitrogens with one attached hydrogen (secondary N) is 1. The van der Waals surface area contributed by atoms with Crippen LogP contribution >= 0.6 is 0 Å². The first kappa shape index (κ1) is 8.98. The number of anilines is 1. The minimum atomic E-state index is -1.23. The molecule has 1 saturated heterocycles. The normalized spacial score (nSPS) is 26.4. The molecule has 1 aromatic rings. The average Bonchev–Trinajstić information content (AvgIpc) is 2.43. The maximum atomic E-state index is 11.3. The van der Waals surface area contributed by atoms with Crippen LogP contribution in [0.4, 0.5) is 10.5 Å². The Morgan fingerprint density at radius 3 is 2.36 bits per heavy atom. The van der Waals surface area contributed by atoms with Crippen molar-refractivity contribution in [3.8, 4) is 0 Å². The van der Waals surface area contributed by atoms with Crippen molar-refractivity contribution in [2.75, 3.05) is 4.90 Å². The van der Waals surface area contributed by atoms with Gasteiger partial charge in [-0.1, -0.05) is 18.2 Å². The molecule has 5 nitrogen and oxygen atoms in total. The standard InChI is InChI=1S/C9H10N2O3/c12-7-8(13)11(9(14)10-7)6-4-2-1-3-5-6/h1-5,7-8,12-13H,(H,10,14)/t7-,8-/m1/s1. The molecular weight excluding hydrogens is 184 g/mol. The number of urea groups is 1. The van der Waals surface area contributed by atoms with Crippen molar-refractivity contribution in [3.63, 3.8) is 0 Å². The summed E-state index contributed by atoms with van der Waals surface area (Å²) in [4.78, 5) is 12.4. The molecule has 0 unspecified atom stereocenters. The maximum absolute atomic E-state index is 11.3. The Labute approximate surface area is 80.6 Å². The Bertz CT molecular complexity index is 341. The fourth-order valence-corrected chi connectivity index (χ4v) is 1.39. The van der Waals surface area contributed by atoms with Crippen LogP contribution < -0.4 is 10.2 Å². The third kappa shape index (κ3) is 1.32. The fourth-order valence-electron chi connectivity index (χ4n) is 1.39. The van der Waals surface area contributed by atoms with Gasteiger partial charge >= 0.3 is 6.03 Å². The van der Waals surface area contributed by atoms with E-state index in [0.717, 1.165) is 4.90 Å². The van der Waals surface area contributed by atoms with Crippen LogP contribution in [-0.4, -0.2) is 28.7 Å². The highest BCUT2D eigenvalue weighted by Crippen LogP contribution is 2.20. The summed E-state index contributed by atoms with van der Waals surface area (Å²) in [5, 5.41) is 20.9. The van der Waals surface area contributed by atoms with E-state index in [4.69, 9.17) is 0 Å². The summed E-state index contributed by atoms with van der Waals surface area (Å²) < 4.78 is 0. The first-order valence-corrected chi connectivity index (χ1v) is 4.21. The number of para-hydroxylation sites is 1. The Kier molecular flexibility index (Phi) is 2.11. The van der Waals surface area contributed by atoms with Gasteiger partial charge in [0.25, 0.3) is 0 Å². The highest BCUT2D eigenvalue weighted by atomic mass is 16.4. The van der Waals surface area contributed by atoms with E-state index in [-0.39, 0.29) is 0 Å². The van der Waals surface area contributed by atoms with Crippen LogP contribution in [0.1, 0.15) is 0 Å². The van der Waals surface area contributed by atoms with Gasteiger partial charge in [-0.25, -0.2) is 4.79 Å². The van der Waals surface area contributed by atoms with Crippen LogP contribution in [0.5, 0.6) is 0 Å². The van der Waals surface area contributed by atoms with Crippen molar-refractivity contribution in [2.24, 2.45) is 0 Å². The Morgan fingerprint density at radius 2 is 1.86 bits per heavy atom. The summed E-state index contributed by atoms with van der Waals surface area (Å²) in [5.74, 6) is 0. The molecule has 0 aliphatic carbocycles. The average molecular weight is 194 g/mol. The smallest absolute Gasteiger partial charge is 0.326 e. The molecule has 1 aliphatic heterocycles. The van der Waals surface area contributed by atoms with Crippen molar-refractivity contribution in [2.45, 2.75) is 12.5 Å². The Hall–Kier alpha value is -1.59. The number of hydrogen-bond acceptors (Lipinski definition) is 3. The van der Waals surface area contributed by atoms with Gasteiger partial charge in [0.2, 0.25) is 0 Å². The summed E-state index contributed by atoms with van der Waals surface area (Å²) in [6, 6.07) is 8.17. The maximum Gasteiger partial charge on any atom is 0.326 e. The molecule has 0 bridgehead atoms. The lowest BCUT2D eigenvalue weighted by Gasteiger charge is -2.19. The number of nitrogens with zero attached hydrogens (tertiary/aromatic N) is 1. The minimum absolute atomic E-state index is 0.504. The number of aliphatic hydroxyl groups excluding tert-OH is 2. The molecule has 14 heavy (non-hydrogen) atoms. The van der Waals surface area contributed by atoms with Crippen LogP contribution in [0.3, 0.4) is 0 Å². The topological polar surface area (TPSA) is 72.8 Å². The van der Waals surface area contributed by atoms with E-state index >= 15 is 0 Å². The molecule has 0 spiro atoms. The lowest BCUT2D eigenvalue weighted by molar-refractivity contribution is 0.0331. The Morgan fingerprint density at radius 1 is 1.21 bits per heavy atom. The van der Waals surface area contributed by atoms with E-state index in [9.17, 15) is 15.0 Å². The lowest BCUT2D eigenvalue weighted by Crippen LogP contribution is -2.36. The van der Waals surface area contributed by atoms with E-state index in [1.165, 1.54) is 0 Å². The predicted octanol–water partition coefficient (Wildman–Crippen LogP) is -0.147. The molecule has 2 amide bonds. The van der Waals surface area contributed by atoms with Gasteiger partial charge in [-0.05, 0) is 12.1 Å². The zero-order valence-corrected chi connectivity index (χ0v) is 7.29. The van der Waals surface area contributed by atoms with Crippen molar-refractivity contribution in [1.82, 2.24) is 5.32 Å². The number of aliphatic hydroxyl groups is 2. The highest BCUT2D eigenvalue weighted by Gasteiger charge is 2.37. The number of amides is 2. The first-order valence-electron chi connectivity index (χ1n) is 4.21. The predicted molar refractivity (Wildman–Crippen MR) is 49.5 cm³/mol. The van der Waals surface area contributed by atoms with Gasteiger partial charge in [-0.15, -0.1) is 0 Å². The molecule has 2 rings (SSSR count). The summed E-state index contributed by atoms with van der Waals surface area (Å²) in [7, 11) is 0. The monoisotopic (exact) mass is 194 g/mol. The zero-order chi connectivity index (χ0) is 10.1. The molecule has 0 saturated carbocycles. The molecule has 1 aliphatic rings. The molecular formula is C9H10N2O3. The van der Waals surface area contributed by atoms with Gasteiger partial charge in [0.15, 0.2) is 12.5 Å². The number of carbonyl (C=O) groups excluding carboxylic acids is 1. The molecule has 74 valence electrons. The van der Waals surface area contributed by atoms with Gasteiger partial charge in [-0.2, -0.15) is 0 Å². The molecule has 1 aromatic carbocycles. The van der Waals surface area contributed by atoms with Crippen molar-refractivity contribution < 1.29 is 15.0 Å². The Balaban J connectivity index is 2.31. The van der Waals surface area contributed by atoms with Gasteiger partial charge in [0.05, 0.1) is 0 Å². The minimum Gasteiger partial charge on any atom is -0.369 e. The molecule has 0 radical (unpaired) electrons. The third-order valence-corrected chi connectivity index (χ3v) is 2.07. The second-order valence-electron chi connectivity index (χ2n) is 3.01. The van der Waals surface area contributed by atoms with Crippen molar-refractivity contribution in [1.29, 1.82) is 0 Å². The van der Waals surface area contributed by atoms with Crippen LogP contribution in [0, 0.1) is 0 Å². The van der Waals surface area contributed by atoms with Gasteiger partial charge < -0.3 is 15.5 Å². The summed E-state index contributed by atoms with van der Waals surface area (Å²) >= 11 is 0. The van der Waals surface area contributed by atoms with Gasteiger partial charge in [0.1, 0.15) is 0 Å². The van der Waals surface area contributed by atoms with Crippen molar-refractivity contribution in [3.05, 3.63) is 30.3 Å². The summed E-state index contributed by atoms with van der Waals surface area (Å²) in [6.07, 6.45) is -2.47. The number of rotatable bonds is 1. The van der Waals surface area contributed by atoms with Crippen LogP contribution in [0.2, 0.25) is 0 Å². The van der Waals surface area contributed by atoms with Crippen LogP contribution in [0.25, 0.3) is 0 Å². The molecule has 1 fully saturated rings. The molecule has 0 aromatic heterocycles. The van der Waals surface area contributed by atoms with Crippen LogP contribution in [0.15, 0.2) is 30.3 Å². The largest absolute Gasteiger partial charge is 0.369 e. The van der Waals surface area contributed by atoms with E-state index in [1.807, 2.05) is 0 Å². The SMILES string of the molecule is O=C1N[C@H](O)[C@@H](O)N1c1ccccc1. The van der Waals surface area contributed by atoms with E-state index in [2.05, 4.69) is 5.32 Å². The third-order valence-electron chi connectivity index (χ3n) is 2.07. The number of carbonyl (C=O) groups is 1. The van der Waals surface area contributed by atoms with Gasteiger partial charge in [0, 0.05) is 5.69 Å². The summed E-state index contributed by atoms with van der Waals surface area (Å²) in [6.45, 7) is 0. The number of benzene rings is 1. The summed E-state index contributed by atoms with van der Waals surface area (Å²) in [5.41, 5.74) is 0.550. The van der Waals surface area contributed by atoms with E-state index in [1.54, 1.807) is 30.3 Å². The molecule has 5 heteroatoms. The lowest BCUT2D eigenvalue weighted by atomic mass is 10.3. The number of hydrogen-bond donors (Lipinski definition) is 3. The van der Waals surface area contributed by atoms with E-state index in [0.29, 0.717) is 5.69 Å². The highest BCUT2D eigenvalue weighted by molar-refractivity contribution is 5.94. The second-order valence-corrected chi connectivity index (χ2v) is 3.01. The van der Waals surface area contributed by atoms with Crippen LogP contribution in [-0.2, 0) is 0 Å². The quantitative estimate of drug-likeness (QED) is 0.582. The van der Waals surface area contributed by atoms with E-state index < -0.39 is 18.5 Å². The van der Waals surface area contributed by atoms with Gasteiger partial charge in [-0.3, -0.25) is 4.90 Å². The fraction of sp³-hybridized carbons (Fsp3) is 0.222. The molecule has 3 N–H and O–H groups in total. The molecule has 1 heterocycles. The van der Waals surface area contributed by atoms with Crippen molar-refractivity contribution >= 4 is 11.7 Å². The zero-order valence-electron chi connectivity index (χ0n) is 7.29. The first-order chi connectivity index (χ1) is 6.70. The second kappa shape index (κ2) is 3.28. The molecule has 2 atom stereocenters.